The molecule has 2 N–H and O–H groups in total. The maximum absolute atomic E-state index is 13.0. The van der Waals surface area contributed by atoms with Gasteiger partial charge in [0.2, 0.25) is 0 Å². The number of benzene rings is 2. The third kappa shape index (κ3) is 4.73. The van der Waals surface area contributed by atoms with Gasteiger partial charge in [0.15, 0.2) is 0 Å². The first kappa shape index (κ1) is 20.6. The lowest BCUT2D eigenvalue weighted by Crippen LogP contribution is -2.15. The van der Waals surface area contributed by atoms with Gasteiger partial charge >= 0.3 is 0 Å². The fraction of sp³-hybridized carbons (Fsp3) is 0.125. The second-order valence-corrected chi connectivity index (χ2v) is 8.10. The Morgan fingerprint density at radius 2 is 1.61 bits per heavy atom. The molecular weight excluding hydrogens is 408 g/mol. The summed E-state index contributed by atoms with van der Waals surface area (Å²) in [6.07, 6.45) is 0. The third-order valence-corrected chi connectivity index (χ3v) is 5.78. The van der Waals surface area contributed by atoms with Crippen LogP contribution in [0, 0.1) is 13.8 Å². The lowest BCUT2D eigenvalue weighted by atomic mass is 10.1. The Labute approximate surface area is 184 Å². The molecule has 0 aliphatic rings. The first-order chi connectivity index (χ1) is 15.0. The third-order valence-electron chi connectivity index (χ3n) is 4.91. The highest BCUT2D eigenvalue weighted by Gasteiger charge is 2.19. The Hall–Kier alpha value is -3.71. The summed E-state index contributed by atoms with van der Waals surface area (Å²) < 4.78 is 1.84. The molecule has 6 nitrogen and oxygen atoms in total. The minimum absolute atomic E-state index is 0.174. The van der Waals surface area contributed by atoms with Crippen LogP contribution < -0.4 is 10.6 Å². The summed E-state index contributed by atoms with van der Waals surface area (Å²) in [5.74, 6) is -0.400. The Kier molecular flexibility index (Phi) is 5.95. The molecule has 0 saturated carbocycles. The Balaban J connectivity index is 1.49. The van der Waals surface area contributed by atoms with Crippen LogP contribution in [0.15, 0.2) is 72.1 Å². The molecule has 2 amide bonds. The van der Waals surface area contributed by atoms with Gasteiger partial charge in [-0.25, -0.2) is 0 Å². The monoisotopic (exact) mass is 430 g/mol. The fourth-order valence-electron chi connectivity index (χ4n) is 3.40. The second kappa shape index (κ2) is 8.97. The van der Waals surface area contributed by atoms with Gasteiger partial charge in [-0.1, -0.05) is 42.5 Å². The molecule has 0 aliphatic heterocycles. The van der Waals surface area contributed by atoms with Crippen molar-refractivity contribution < 1.29 is 9.59 Å². The Morgan fingerprint density at radius 1 is 0.903 bits per heavy atom. The molecular formula is C24H22N4O2S. The zero-order valence-electron chi connectivity index (χ0n) is 17.3. The van der Waals surface area contributed by atoms with Crippen LogP contribution >= 0.6 is 11.3 Å². The van der Waals surface area contributed by atoms with Gasteiger partial charge in [-0.15, -0.1) is 11.3 Å². The zero-order chi connectivity index (χ0) is 21.8. The quantitative estimate of drug-likeness (QED) is 0.446. The molecule has 2 aromatic carbocycles. The zero-order valence-corrected chi connectivity index (χ0v) is 18.1. The van der Waals surface area contributed by atoms with Gasteiger partial charge in [0.1, 0.15) is 0 Å². The van der Waals surface area contributed by atoms with Gasteiger partial charge in [-0.3, -0.25) is 14.3 Å². The highest BCUT2D eigenvalue weighted by Crippen LogP contribution is 2.20. The average Bonchev–Trinajstić information content (AvgIpc) is 3.38. The minimum Gasteiger partial charge on any atom is -0.322 e. The molecule has 0 fully saturated rings. The van der Waals surface area contributed by atoms with E-state index in [1.54, 1.807) is 30.3 Å². The summed E-state index contributed by atoms with van der Waals surface area (Å²) in [7, 11) is 0. The van der Waals surface area contributed by atoms with Gasteiger partial charge < -0.3 is 10.6 Å². The van der Waals surface area contributed by atoms with Gasteiger partial charge in [0.05, 0.1) is 22.7 Å². The van der Waals surface area contributed by atoms with Gasteiger partial charge in [-0.05, 0) is 49.1 Å². The van der Waals surface area contributed by atoms with Crippen molar-refractivity contribution in [3.63, 3.8) is 0 Å². The van der Waals surface area contributed by atoms with E-state index in [1.165, 1.54) is 11.3 Å². The van der Waals surface area contributed by atoms with Crippen LogP contribution in [0.2, 0.25) is 0 Å². The van der Waals surface area contributed by atoms with Gasteiger partial charge in [0.25, 0.3) is 11.8 Å². The van der Waals surface area contributed by atoms with E-state index in [2.05, 4.69) is 15.7 Å². The van der Waals surface area contributed by atoms with Crippen LogP contribution in [-0.4, -0.2) is 21.6 Å². The summed E-state index contributed by atoms with van der Waals surface area (Å²) in [5.41, 5.74) is 4.38. The first-order valence-electron chi connectivity index (χ1n) is 9.85. The normalized spacial score (nSPS) is 10.6. The minimum atomic E-state index is -0.226. The maximum atomic E-state index is 13.0. The maximum Gasteiger partial charge on any atom is 0.265 e. The summed E-state index contributed by atoms with van der Waals surface area (Å²) in [4.78, 5) is 25.9. The van der Waals surface area contributed by atoms with Crippen molar-refractivity contribution in [3.05, 3.63) is 99.5 Å². The van der Waals surface area contributed by atoms with Gasteiger partial charge in [0, 0.05) is 17.1 Å². The lowest BCUT2D eigenvalue weighted by Gasteiger charge is -2.09. The van der Waals surface area contributed by atoms with Crippen LogP contribution in [0.1, 0.15) is 37.0 Å². The summed E-state index contributed by atoms with van der Waals surface area (Å²) in [6, 6.07) is 20.7. The number of aromatic nitrogens is 2. The number of amides is 2. The van der Waals surface area contributed by atoms with E-state index < -0.39 is 0 Å². The van der Waals surface area contributed by atoms with Crippen molar-refractivity contribution in [2.24, 2.45) is 0 Å². The van der Waals surface area contributed by atoms with Crippen molar-refractivity contribution in [2.75, 3.05) is 10.6 Å². The molecule has 0 saturated heterocycles. The Morgan fingerprint density at radius 3 is 2.29 bits per heavy atom. The molecule has 0 atom stereocenters. The molecule has 4 aromatic rings. The van der Waals surface area contributed by atoms with Crippen LogP contribution in [-0.2, 0) is 6.54 Å². The SMILES string of the molecule is Cc1nn(Cc2ccccc2)c(C)c1C(=O)Nc1cccc(NC(=O)c2cccs2)c1. The molecule has 0 aliphatic carbocycles. The van der Waals surface area contributed by atoms with E-state index in [1.807, 2.05) is 60.3 Å². The standard InChI is InChI=1S/C24H22N4O2S/c1-16-22(17(2)28(27-16)15-18-8-4-3-5-9-18)24(30)26-20-11-6-10-19(14-20)25-23(29)21-12-7-13-31-21/h3-14H,15H2,1-2H3,(H,25,29)(H,26,30). The highest BCUT2D eigenvalue weighted by molar-refractivity contribution is 7.12. The average molecular weight is 431 g/mol. The molecule has 0 unspecified atom stereocenters. The molecule has 4 rings (SSSR count). The lowest BCUT2D eigenvalue weighted by molar-refractivity contribution is 0.102. The summed E-state index contributed by atoms with van der Waals surface area (Å²) in [6.45, 7) is 4.33. The van der Waals surface area contributed by atoms with Crippen LogP contribution in [0.5, 0.6) is 0 Å². The molecule has 7 heteroatoms. The number of nitrogens with one attached hydrogen (secondary N) is 2. The summed E-state index contributed by atoms with van der Waals surface area (Å²) in [5, 5.41) is 12.2. The number of carbonyl (C=O) groups is 2. The molecule has 31 heavy (non-hydrogen) atoms. The van der Waals surface area contributed by atoms with Crippen molar-refractivity contribution >= 4 is 34.5 Å². The van der Waals surface area contributed by atoms with Crippen LogP contribution in [0.25, 0.3) is 0 Å². The smallest absolute Gasteiger partial charge is 0.265 e. The molecule has 2 aromatic heterocycles. The van der Waals surface area contributed by atoms with E-state index >= 15 is 0 Å². The summed E-state index contributed by atoms with van der Waals surface area (Å²) >= 11 is 1.38. The van der Waals surface area contributed by atoms with E-state index in [0.717, 1.165) is 11.3 Å². The molecule has 0 radical (unpaired) electrons. The predicted octanol–water partition coefficient (Wildman–Crippen LogP) is 5.11. The number of carbonyl (C=O) groups excluding carboxylic acids is 2. The van der Waals surface area contributed by atoms with Crippen molar-refractivity contribution in [3.8, 4) is 0 Å². The largest absolute Gasteiger partial charge is 0.322 e. The fourth-order valence-corrected chi connectivity index (χ4v) is 4.02. The second-order valence-electron chi connectivity index (χ2n) is 7.16. The molecule has 0 spiro atoms. The molecule has 156 valence electrons. The predicted molar refractivity (Wildman–Crippen MR) is 124 cm³/mol. The van der Waals surface area contributed by atoms with E-state index in [0.29, 0.717) is 34.1 Å². The number of hydrogen-bond acceptors (Lipinski definition) is 4. The molecule has 2 heterocycles. The number of hydrogen-bond donors (Lipinski definition) is 2. The van der Waals surface area contributed by atoms with E-state index in [-0.39, 0.29) is 11.8 Å². The number of anilines is 2. The van der Waals surface area contributed by atoms with Crippen LogP contribution in [0.4, 0.5) is 11.4 Å². The molecule has 0 bridgehead atoms. The first-order valence-corrected chi connectivity index (χ1v) is 10.7. The van der Waals surface area contributed by atoms with Crippen LogP contribution in [0.3, 0.4) is 0 Å². The van der Waals surface area contributed by atoms with E-state index in [4.69, 9.17) is 0 Å². The van der Waals surface area contributed by atoms with Crippen molar-refractivity contribution in [2.45, 2.75) is 20.4 Å². The number of aryl methyl sites for hydroxylation is 1. The van der Waals surface area contributed by atoms with Gasteiger partial charge in [-0.2, -0.15) is 5.10 Å². The van der Waals surface area contributed by atoms with E-state index in [9.17, 15) is 9.59 Å². The Bertz CT molecular complexity index is 1210. The topological polar surface area (TPSA) is 76.0 Å². The van der Waals surface area contributed by atoms with Crippen molar-refractivity contribution in [1.82, 2.24) is 9.78 Å². The number of nitrogens with zero attached hydrogens (tertiary/aromatic N) is 2. The van der Waals surface area contributed by atoms with Crippen molar-refractivity contribution in [1.29, 1.82) is 0 Å². The highest BCUT2D eigenvalue weighted by atomic mass is 32.1. The number of thiophene rings is 1. The number of rotatable bonds is 6.